The topological polar surface area (TPSA) is 64.7 Å². The summed E-state index contributed by atoms with van der Waals surface area (Å²) in [6.07, 6.45) is 4.24. The van der Waals surface area contributed by atoms with Crippen LogP contribution in [0.4, 0.5) is 5.69 Å². The maximum Gasteiger partial charge on any atom is 0.238 e. The molecule has 2 N–H and O–H groups in total. The van der Waals surface area contributed by atoms with Gasteiger partial charge in [-0.3, -0.25) is 19.4 Å². The van der Waals surface area contributed by atoms with Gasteiger partial charge in [-0.15, -0.1) is 11.8 Å². The number of nitrogens with zero attached hydrogens (tertiary/aromatic N) is 2. The Morgan fingerprint density at radius 3 is 2.62 bits per heavy atom. The molecule has 6 nitrogen and oxygen atoms in total. The molecular weight excluding hydrogens is 348 g/mol. The standard InChI is InChI=1S/C19H28N4O2S/c1-14(19(25)21-15-6-7-15)23-10-8-22(9-11-23)13-18(24)20-16-4-3-5-17(12-16)26-2/h3-5,12,14-15H,6-11,13H2,1-2H3,(H,20,24)(H,21,25)/t14-/m1/s1. The van der Waals surface area contributed by atoms with Crippen LogP contribution in [0.25, 0.3) is 0 Å². The van der Waals surface area contributed by atoms with Crippen molar-refractivity contribution in [2.24, 2.45) is 0 Å². The average Bonchev–Trinajstić information content (AvgIpc) is 3.45. The number of anilines is 1. The van der Waals surface area contributed by atoms with E-state index in [1.54, 1.807) is 11.8 Å². The van der Waals surface area contributed by atoms with Gasteiger partial charge in [-0.2, -0.15) is 0 Å². The molecule has 1 aromatic carbocycles. The fraction of sp³-hybridized carbons (Fsp3) is 0.579. The molecule has 0 aromatic heterocycles. The zero-order valence-electron chi connectivity index (χ0n) is 15.5. The highest BCUT2D eigenvalue weighted by Gasteiger charge is 2.30. The molecule has 3 rings (SSSR count). The molecule has 142 valence electrons. The lowest BCUT2D eigenvalue weighted by molar-refractivity contribution is -0.127. The Bertz CT molecular complexity index is 642. The van der Waals surface area contributed by atoms with Crippen LogP contribution in [0.5, 0.6) is 0 Å². The lowest BCUT2D eigenvalue weighted by atomic mass is 10.2. The molecule has 26 heavy (non-hydrogen) atoms. The summed E-state index contributed by atoms with van der Waals surface area (Å²) in [5.74, 6) is 0.142. The molecule has 0 spiro atoms. The molecule has 1 aliphatic carbocycles. The van der Waals surface area contributed by atoms with E-state index in [1.807, 2.05) is 37.4 Å². The first-order chi connectivity index (χ1) is 12.5. The van der Waals surface area contributed by atoms with Crippen molar-refractivity contribution in [2.45, 2.75) is 36.7 Å². The van der Waals surface area contributed by atoms with E-state index in [-0.39, 0.29) is 17.9 Å². The van der Waals surface area contributed by atoms with Gasteiger partial charge in [0.25, 0.3) is 0 Å². The number of nitrogens with one attached hydrogen (secondary N) is 2. The van der Waals surface area contributed by atoms with E-state index in [1.165, 1.54) is 0 Å². The van der Waals surface area contributed by atoms with E-state index in [0.29, 0.717) is 12.6 Å². The highest BCUT2D eigenvalue weighted by atomic mass is 32.2. The van der Waals surface area contributed by atoms with Crippen LogP contribution in [0, 0.1) is 0 Å². The van der Waals surface area contributed by atoms with Gasteiger partial charge in [0.1, 0.15) is 0 Å². The molecule has 1 saturated carbocycles. The molecule has 1 heterocycles. The van der Waals surface area contributed by atoms with Crippen LogP contribution < -0.4 is 10.6 Å². The quantitative estimate of drug-likeness (QED) is 0.708. The second-order valence-corrected chi connectivity index (χ2v) is 7.93. The van der Waals surface area contributed by atoms with E-state index in [0.717, 1.165) is 49.6 Å². The highest BCUT2D eigenvalue weighted by molar-refractivity contribution is 7.98. The lowest BCUT2D eigenvalue weighted by Crippen LogP contribution is -2.55. The third kappa shape index (κ3) is 5.46. The Morgan fingerprint density at radius 1 is 1.23 bits per heavy atom. The van der Waals surface area contributed by atoms with Crippen LogP contribution in [0.1, 0.15) is 19.8 Å². The molecule has 0 bridgehead atoms. The fourth-order valence-electron chi connectivity index (χ4n) is 3.13. The summed E-state index contributed by atoms with van der Waals surface area (Å²) in [4.78, 5) is 30.0. The van der Waals surface area contributed by atoms with Crippen molar-refractivity contribution in [3.8, 4) is 0 Å². The SMILES string of the molecule is CSc1cccc(NC(=O)CN2CCN([C@H](C)C(=O)NC3CC3)CC2)c1. The third-order valence-electron chi connectivity index (χ3n) is 4.98. The minimum absolute atomic E-state index is 0.0104. The molecule has 2 fully saturated rings. The number of carbonyl (C=O) groups excluding carboxylic acids is 2. The van der Waals surface area contributed by atoms with E-state index in [2.05, 4.69) is 20.4 Å². The lowest BCUT2D eigenvalue weighted by Gasteiger charge is -2.37. The van der Waals surface area contributed by atoms with Gasteiger partial charge in [0.2, 0.25) is 11.8 Å². The smallest absolute Gasteiger partial charge is 0.238 e. The van der Waals surface area contributed by atoms with Crippen LogP contribution in [0.15, 0.2) is 29.2 Å². The molecular formula is C19H28N4O2S. The predicted molar refractivity (Wildman–Crippen MR) is 105 cm³/mol. The van der Waals surface area contributed by atoms with Gasteiger partial charge >= 0.3 is 0 Å². The molecule has 1 aromatic rings. The summed E-state index contributed by atoms with van der Waals surface area (Å²) in [5, 5.41) is 6.04. The second-order valence-electron chi connectivity index (χ2n) is 7.05. The Kier molecular flexibility index (Phi) is 6.56. The van der Waals surface area contributed by atoms with Crippen molar-refractivity contribution in [1.82, 2.24) is 15.1 Å². The van der Waals surface area contributed by atoms with E-state index >= 15 is 0 Å². The summed E-state index contributed by atoms with van der Waals surface area (Å²) in [5.41, 5.74) is 0.839. The number of amides is 2. The summed E-state index contributed by atoms with van der Waals surface area (Å²) in [7, 11) is 0. The van der Waals surface area contributed by atoms with Gasteiger partial charge in [0.15, 0.2) is 0 Å². The Hall–Kier alpha value is -1.57. The first kappa shape index (κ1) is 19.2. The molecule has 1 atom stereocenters. The summed E-state index contributed by atoms with van der Waals surface area (Å²) < 4.78 is 0. The molecule has 7 heteroatoms. The largest absolute Gasteiger partial charge is 0.352 e. The minimum Gasteiger partial charge on any atom is -0.352 e. The van der Waals surface area contributed by atoms with Gasteiger partial charge in [0, 0.05) is 42.8 Å². The van der Waals surface area contributed by atoms with Crippen LogP contribution in [0.3, 0.4) is 0 Å². The molecule has 1 aliphatic heterocycles. The number of thioether (sulfide) groups is 1. The van der Waals surface area contributed by atoms with Crippen molar-refractivity contribution in [3.05, 3.63) is 24.3 Å². The molecule has 2 aliphatic rings. The maximum atomic E-state index is 12.3. The number of rotatable bonds is 7. The summed E-state index contributed by atoms with van der Waals surface area (Å²) in [6.45, 7) is 5.60. The molecule has 2 amide bonds. The average molecular weight is 377 g/mol. The van der Waals surface area contributed by atoms with Crippen molar-refractivity contribution in [3.63, 3.8) is 0 Å². The normalized spacial score (nSPS) is 19.8. The number of piperazine rings is 1. The Balaban J connectivity index is 1.41. The van der Waals surface area contributed by atoms with E-state index in [9.17, 15) is 9.59 Å². The monoisotopic (exact) mass is 376 g/mol. The van der Waals surface area contributed by atoms with Crippen molar-refractivity contribution < 1.29 is 9.59 Å². The second kappa shape index (κ2) is 8.88. The number of carbonyl (C=O) groups is 2. The molecule has 1 saturated heterocycles. The number of hydrogen-bond acceptors (Lipinski definition) is 5. The zero-order valence-corrected chi connectivity index (χ0v) is 16.3. The summed E-state index contributed by atoms with van der Waals surface area (Å²) >= 11 is 1.66. The number of benzene rings is 1. The van der Waals surface area contributed by atoms with Gasteiger partial charge in [-0.25, -0.2) is 0 Å². The van der Waals surface area contributed by atoms with Gasteiger partial charge in [-0.05, 0) is 44.2 Å². The highest BCUT2D eigenvalue weighted by Crippen LogP contribution is 2.20. The Morgan fingerprint density at radius 2 is 1.96 bits per heavy atom. The minimum atomic E-state index is -0.0964. The Labute approximate surface area is 159 Å². The van der Waals surface area contributed by atoms with Crippen LogP contribution >= 0.6 is 11.8 Å². The fourth-order valence-corrected chi connectivity index (χ4v) is 3.59. The summed E-state index contributed by atoms with van der Waals surface area (Å²) in [6, 6.07) is 8.19. The first-order valence-electron chi connectivity index (χ1n) is 9.26. The third-order valence-corrected chi connectivity index (χ3v) is 5.70. The van der Waals surface area contributed by atoms with Crippen LogP contribution in [-0.2, 0) is 9.59 Å². The van der Waals surface area contributed by atoms with E-state index in [4.69, 9.17) is 0 Å². The maximum absolute atomic E-state index is 12.3. The van der Waals surface area contributed by atoms with Crippen molar-refractivity contribution in [1.29, 1.82) is 0 Å². The van der Waals surface area contributed by atoms with Crippen LogP contribution in [0.2, 0.25) is 0 Å². The van der Waals surface area contributed by atoms with Crippen LogP contribution in [-0.4, -0.2) is 72.7 Å². The molecule has 0 unspecified atom stereocenters. The number of hydrogen-bond donors (Lipinski definition) is 2. The van der Waals surface area contributed by atoms with Gasteiger partial charge in [0.05, 0.1) is 12.6 Å². The van der Waals surface area contributed by atoms with Crippen molar-refractivity contribution >= 4 is 29.3 Å². The van der Waals surface area contributed by atoms with Gasteiger partial charge in [-0.1, -0.05) is 6.07 Å². The van der Waals surface area contributed by atoms with Gasteiger partial charge < -0.3 is 10.6 Å². The first-order valence-corrected chi connectivity index (χ1v) is 10.5. The van der Waals surface area contributed by atoms with Crippen molar-refractivity contribution in [2.75, 3.05) is 44.3 Å². The molecule has 0 radical (unpaired) electrons. The zero-order chi connectivity index (χ0) is 18.5. The predicted octanol–water partition coefficient (Wildman–Crippen LogP) is 1.63. The van der Waals surface area contributed by atoms with E-state index < -0.39 is 0 Å².